The number of hydrogen-bond acceptors (Lipinski definition) is 1. The maximum absolute atomic E-state index is 3.66. The van der Waals surface area contributed by atoms with E-state index in [-0.39, 0.29) is 0 Å². The van der Waals surface area contributed by atoms with E-state index in [2.05, 4.69) is 60.8 Å². The summed E-state index contributed by atoms with van der Waals surface area (Å²) in [5.41, 5.74) is 5.47. The zero-order valence-corrected chi connectivity index (χ0v) is 11.5. The van der Waals surface area contributed by atoms with Crippen molar-refractivity contribution in [1.29, 1.82) is 0 Å². The van der Waals surface area contributed by atoms with Crippen LogP contribution in [-0.2, 0) is 6.42 Å². The van der Waals surface area contributed by atoms with Gasteiger partial charge >= 0.3 is 0 Å². The SMILES string of the molecule is CCCC1CNc2c(cccc2-c2ccccc2)C1. The summed E-state index contributed by atoms with van der Waals surface area (Å²) in [6.07, 6.45) is 3.82. The first-order chi connectivity index (χ1) is 9.38. The highest BCUT2D eigenvalue weighted by molar-refractivity contribution is 5.80. The molecule has 1 aliphatic heterocycles. The zero-order valence-electron chi connectivity index (χ0n) is 11.5. The summed E-state index contributed by atoms with van der Waals surface area (Å²) in [4.78, 5) is 0. The third-order valence-electron chi connectivity index (χ3n) is 4.01. The molecule has 0 spiro atoms. The van der Waals surface area contributed by atoms with Crippen molar-refractivity contribution in [1.82, 2.24) is 0 Å². The number of hydrogen-bond donors (Lipinski definition) is 1. The summed E-state index contributed by atoms with van der Waals surface area (Å²) in [6.45, 7) is 3.39. The van der Waals surface area contributed by atoms with Gasteiger partial charge in [0.2, 0.25) is 0 Å². The van der Waals surface area contributed by atoms with Gasteiger partial charge in [0.15, 0.2) is 0 Å². The van der Waals surface area contributed by atoms with Crippen molar-refractivity contribution in [2.24, 2.45) is 5.92 Å². The summed E-state index contributed by atoms with van der Waals surface area (Å²) in [6, 6.07) is 17.4. The van der Waals surface area contributed by atoms with Crippen LogP contribution in [-0.4, -0.2) is 6.54 Å². The molecule has 0 fully saturated rings. The molecule has 1 aliphatic rings. The molecule has 0 saturated carbocycles. The molecular formula is C18H21N. The van der Waals surface area contributed by atoms with E-state index < -0.39 is 0 Å². The Morgan fingerprint density at radius 3 is 2.68 bits per heavy atom. The monoisotopic (exact) mass is 251 g/mol. The summed E-state index contributed by atoms with van der Waals surface area (Å²) in [5.74, 6) is 0.795. The van der Waals surface area contributed by atoms with Gasteiger partial charge in [0.05, 0.1) is 0 Å². The van der Waals surface area contributed by atoms with Crippen molar-refractivity contribution in [3.63, 3.8) is 0 Å². The lowest BCUT2D eigenvalue weighted by Gasteiger charge is -2.28. The quantitative estimate of drug-likeness (QED) is 0.831. The molecule has 1 atom stereocenters. The second-order valence-electron chi connectivity index (χ2n) is 5.45. The molecule has 1 heterocycles. The van der Waals surface area contributed by atoms with Crippen LogP contribution in [0.4, 0.5) is 5.69 Å². The average molecular weight is 251 g/mol. The van der Waals surface area contributed by atoms with E-state index >= 15 is 0 Å². The molecule has 1 unspecified atom stereocenters. The summed E-state index contributed by atoms with van der Waals surface area (Å²) in [5, 5.41) is 3.66. The predicted molar refractivity (Wildman–Crippen MR) is 82.5 cm³/mol. The Balaban J connectivity index is 1.95. The van der Waals surface area contributed by atoms with E-state index in [0.717, 1.165) is 12.5 Å². The number of benzene rings is 2. The second-order valence-corrected chi connectivity index (χ2v) is 5.45. The third-order valence-corrected chi connectivity index (χ3v) is 4.01. The van der Waals surface area contributed by atoms with Gasteiger partial charge in [0, 0.05) is 17.8 Å². The standard InChI is InChI=1S/C18H21N/c1-2-7-14-12-16-10-6-11-17(18(16)19-13-14)15-8-4-3-5-9-15/h3-6,8-11,14,19H,2,7,12-13H2,1H3. The van der Waals surface area contributed by atoms with Crippen LogP contribution in [0.15, 0.2) is 48.5 Å². The van der Waals surface area contributed by atoms with Crippen LogP contribution in [0, 0.1) is 5.92 Å². The largest absolute Gasteiger partial charge is 0.384 e. The van der Waals surface area contributed by atoms with Gasteiger partial charge in [0.25, 0.3) is 0 Å². The molecule has 0 amide bonds. The van der Waals surface area contributed by atoms with Crippen molar-refractivity contribution in [3.05, 3.63) is 54.1 Å². The normalized spacial score (nSPS) is 17.6. The number of nitrogens with one attached hydrogen (secondary N) is 1. The Hall–Kier alpha value is -1.76. The molecule has 0 bridgehead atoms. The molecule has 19 heavy (non-hydrogen) atoms. The lowest BCUT2D eigenvalue weighted by Crippen LogP contribution is -2.23. The van der Waals surface area contributed by atoms with E-state index in [1.54, 1.807) is 0 Å². The second kappa shape index (κ2) is 5.48. The molecule has 0 radical (unpaired) electrons. The van der Waals surface area contributed by atoms with Crippen molar-refractivity contribution < 1.29 is 0 Å². The predicted octanol–water partition coefficient (Wildman–Crippen LogP) is 4.74. The molecule has 0 saturated heterocycles. The Bertz CT molecular complexity index is 545. The minimum absolute atomic E-state index is 0.795. The number of fused-ring (bicyclic) bond motifs is 1. The summed E-state index contributed by atoms with van der Waals surface area (Å²) in [7, 11) is 0. The first kappa shape index (κ1) is 12.3. The van der Waals surface area contributed by atoms with Gasteiger partial charge < -0.3 is 5.32 Å². The van der Waals surface area contributed by atoms with Crippen molar-refractivity contribution in [3.8, 4) is 11.1 Å². The summed E-state index contributed by atoms with van der Waals surface area (Å²) >= 11 is 0. The van der Waals surface area contributed by atoms with Crippen LogP contribution in [0.2, 0.25) is 0 Å². The minimum atomic E-state index is 0.795. The zero-order chi connectivity index (χ0) is 13.1. The van der Waals surface area contributed by atoms with Gasteiger partial charge in [-0.3, -0.25) is 0 Å². The highest BCUT2D eigenvalue weighted by Gasteiger charge is 2.19. The van der Waals surface area contributed by atoms with Gasteiger partial charge in [-0.25, -0.2) is 0 Å². The van der Waals surface area contributed by atoms with Crippen LogP contribution in [0.1, 0.15) is 25.3 Å². The van der Waals surface area contributed by atoms with Crippen molar-refractivity contribution >= 4 is 5.69 Å². The fourth-order valence-corrected chi connectivity index (χ4v) is 3.08. The molecule has 1 nitrogen and oxygen atoms in total. The van der Waals surface area contributed by atoms with Crippen LogP contribution in [0.5, 0.6) is 0 Å². The fraction of sp³-hybridized carbons (Fsp3) is 0.333. The highest BCUT2D eigenvalue weighted by Crippen LogP contribution is 2.35. The number of anilines is 1. The van der Waals surface area contributed by atoms with E-state index in [1.165, 1.54) is 41.6 Å². The molecule has 98 valence electrons. The van der Waals surface area contributed by atoms with E-state index in [4.69, 9.17) is 0 Å². The Kier molecular flexibility index (Phi) is 3.54. The topological polar surface area (TPSA) is 12.0 Å². The fourth-order valence-electron chi connectivity index (χ4n) is 3.08. The molecule has 1 N–H and O–H groups in total. The Morgan fingerprint density at radius 2 is 1.89 bits per heavy atom. The third kappa shape index (κ3) is 2.51. The highest BCUT2D eigenvalue weighted by atomic mass is 14.9. The van der Waals surface area contributed by atoms with Gasteiger partial charge in [-0.1, -0.05) is 61.9 Å². The molecule has 2 aromatic carbocycles. The lowest BCUT2D eigenvalue weighted by molar-refractivity contribution is 0.489. The van der Waals surface area contributed by atoms with Gasteiger partial charge in [-0.15, -0.1) is 0 Å². The smallest absolute Gasteiger partial charge is 0.0452 e. The van der Waals surface area contributed by atoms with Crippen LogP contribution in [0.25, 0.3) is 11.1 Å². The van der Waals surface area contributed by atoms with Crippen LogP contribution >= 0.6 is 0 Å². The van der Waals surface area contributed by atoms with Crippen LogP contribution in [0.3, 0.4) is 0 Å². The molecular weight excluding hydrogens is 230 g/mol. The Labute approximate surface area is 115 Å². The van der Waals surface area contributed by atoms with Crippen molar-refractivity contribution in [2.75, 3.05) is 11.9 Å². The van der Waals surface area contributed by atoms with E-state index in [0.29, 0.717) is 0 Å². The van der Waals surface area contributed by atoms with Gasteiger partial charge in [-0.05, 0) is 29.9 Å². The average Bonchev–Trinajstić information content (AvgIpc) is 2.48. The number of para-hydroxylation sites is 1. The van der Waals surface area contributed by atoms with Gasteiger partial charge in [-0.2, -0.15) is 0 Å². The molecule has 3 rings (SSSR count). The molecule has 0 aliphatic carbocycles. The molecule has 2 aromatic rings. The summed E-state index contributed by atoms with van der Waals surface area (Å²) < 4.78 is 0. The molecule has 1 heteroatoms. The van der Waals surface area contributed by atoms with E-state index in [1.807, 2.05) is 0 Å². The maximum Gasteiger partial charge on any atom is 0.0452 e. The van der Waals surface area contributed by atoms with Crippen LogP contribution < -0.4 is 5.32 Å². The van der Waals surface area contributed by atoms with Gasteiger partial charge in [0.1, 0.15) is 0 Å². The first-order valence-electron chi connectivity index (χ1n) is 7.29. The minimum Gasteiger partial charge on any atom is -0.384 e. The lowest BCUT2D eigenvalue weighted by atomic mass is 9.88. The Morgan fingerprint density at radius 1 is 1.05 bits per heavy atom. The molecule has 0 aromatic heterocycles. The number of rotatable bonds is 3. The van der Waals surface area contributed by atoms with Crippen molar-refractivity contribution in [2.45, 2.75) is 26.2 Å². The maximum atomic E-state index is 3.66. The van der Waals surface area contributed by atoms with E-state index in [9.17, 15) is 0 Å². The first-order valence-corrected chi connectivity index (χ1v) is 7.29.